The molecule has 3 aromatic rings. The van der Waals surface area contributed by atoms with Gasteiger partial charge in [0.15, 0.2) is 17.0 Å². The van der Waals surface area contributed by atoms with Gasteiger partial charge >= 0.3 is 0 Å². The summed E-state index contributed by atoms with van der Waals surface area (Å²) >= 11 is 0. The zero-order valence-electron chi connectivity index (χ0n) is 20.5. The van der Waals surface area contributed by atoms with Gasteiger partial charge in [0.25, 0.3) is 0 Å². The molecule has 0 unspecified atom stereocenters. The molecule has 2 aliphatic rings. The van der Waals surface area contributed by atoms with Gasteiger partial charge in [0.1, 0.15) is 11.5 Å². The Labute approximate surface area is 212 Å². The Hall–Kier alpha value is -2.78. The molecule has 4 N–H and O–H groups in total. The number of imidazole rings is 1. The molecule has 0 radical (unpaired) electrons. The maximum absolute atomic E-state index is 6.10. The van der Waals surface area contributed by atoms with Gasteiger partial charge in [-0.25, -0.2) is 4.98 Å². The second kappa shape index (κ2) is 11.3. The third-order valence-corrected chi connectivity index (χ3v) is 7.19. The summed E-state index contributed by atoms with van der Waals surface area (Å²) in [6.07, 6.45) is 10.9. The van der Waals surface area contributed by atoms with Crippen molar-refractivity contribution in [1.29, 1.82) is 0 Å². The third kappa shape index (κ3) is 5.56. The van der Waals surface area contributed by atoms with Crippen LogP contribution in [-0.2, 0) is 6.54 Å². The molecule has 1 aromatic carbocycles. The lowest BCUT2D eigenvalue weighted by Crippen LogP contribution is -2.33. The molecular formula is C25H36ClN7O2. The van der Waals surface area contributed by atoms with Crippen LogP contribution in [0.4, 0.5) is 11.8 Å². The number of nitrogens with one attached hydrogen (secondary N) is 2. The first-order valence-electron chi connectivity index (χ1n) is 12.4. The molecule has 0 saturated heterocycles. The number of nitrogens with zero attached hydrogens (tertiary/aromatic N) is 4. The van der Waals surface area contributed by atoms with Crippen LogP contribution in [0.1, 0.15) is 63.0 Å². The van der Waals surface area contributed by atoms with Crippen LogP contribution in [0.15, 0.2) is 24.5 Å². The average molecular weight is 502 g/mol. The number of ether oxygens (including phenoxy) is 2. The van der Waals surface area contributed by atoms with Crippen LogP contribution in [0, 0.1) is 0 Å². The van der Waals surface area contributed by atoms with Crippen molar-refractivity contribution in [3.8, 4) is 11.5 Å². The van der Waals surface area contributed by atoms with Crippen molar-refractivity contribution in [3.63, 3.8) is 0 Å². The number of hydrogen-bond acceptors (Lipinski definition) is 8. The Kier molecular flexibility index (Phi) is 8.18. The van der Waals surface area contributed by atoms with Crippen LogP contribution < -0.4 is 25.8 Å². The highest BCUT2D eigenvalue weighted by Crippen LogP contribution is 2.34. The number of rotatable bonds is 8. The monoisotopic (exact) mass is 501 g/mol. The molecule has 2 aromatic heterocycles. The van der Waals surface area contributed by atoms with Gasteiger partial charge in [-0.15, -0.1) is 12.4 Å². The number of fused-ring (bicyclic) bond motifs is 1. The SMILES string of the molecule is COc1ccc(CNc2nc(NC3CCC(N)CC3)nc3c2ncn3C2CCCC2)c(OC)c1.Cl. The second-order valence-corrected chi connectivity index (χ2v) is 9.45. The van der Waals surface area contributed by atoms with Crippen molar-refractivity contribution in [2.45, 2.75) is 76.0 Å². The van der Waals surface area contributed by atoms with E-state index in [1.165, 1.54) is 25.7 Å². The fourth-order valence-electron chi connectivity index (χ4n) is 5.18. The van der Waals surface area contributed by atoms with Gasteiger partial charge in [-0.3, -0.25) is 0 Å². The number of anilines is 2. The number of hydrogen-bond donors (Lipinski definition) is 3. The molecule has 9 nitrogen and oxygen atoms in total. The van der Waals surface area contributed by atoms with E-state index in [9.17, 15) is 0 Å². The minimum absolute atomic E-state index is 0. The van der Waals surface area contributed by atoms with Gasteiger partial charge in [0.2, 0.25) is 5.95 Å². The lowest BCUT2D eigenvalue weighted by molar-refractivity contribution is 0.391. The molecule has 2 heterocycles. The highest BCUT2D eigenvalue weighted by molar-refractivity contribution is 5.85. The number of halogens is 1. The third-order valence-electron chi connectivity index (χ3n) is 7.19. The van der Waals surface area contributed by atoms with Gasteiger partial charge in [0.05, 0.1) is 20.5 Å². The van der Waals surface area contributed by atoms with Crippen LogP contribution in [0.3, 0.4) is 0 Å². The Bertz CT molecular complexity index is 1120. The van der Waals surface area contributed by atoms with E-state index in [-0.39, 0.29) is 12.4 Å². The quantitative estimate of drug-likeness (QED) is 0.408. The molecule has 2 saturated carbocycles. The highest BCUT2D eigenvalue weighted by atomic mass is 35.5. The predicted molar refractivity (Wildman–Crippen MR) is 141 cm³/mol. The Morgan fingerprint density at radius 3 is 2.51 bits per heavy atom. The van der Waals surface area contributed by atoms with E-state index in [0.717, 1.165) is 59.7 Å². The normalized spacial score (nSPS) is 20.4. The van der Waals surface area contributed by atoms with E-state index in [1.54, 1.807) is 14.2 Å². The van der Waals surface area contributed by atoms with Gasteiger partial charge in [-0.1, -0.05) is 12.8 Å². The molecule has 0 aliphatic heterocycles. The first-order chi connectivity index (χ1) is 16.6. The van der Waals surface area contributed by atoms with E-state index >= 15 is 0 Å². The molecule has 5 rings (SSSR count). The van der Waals surface area contributed by atoms with E-state index < -0.39 is 0 Å². The van der Waals surface area contributed by atoms with Crippen LogP contribution in [0.2, 0.25) is 0 Å². The molecule has 0 atom stereocenters. The Morgan fingerprint density at radius 1 is 1.03 bits per heavy atom. The highest BCUT2D eigenvalue weighted by Gasteiger charge is 2.24. The summed E-state index contributed by atoms with van der Waals surface area (Å²) in [5, 5.41) is 7.07. The molecule has 0 bridgehead atoms. The molecule has 0 spiro atoms. The largest absolute Gasteiger partial charge is 0.497 e. The summed E-state index contributed by atoms with van der Waals surface area (Å²) in [6, 6.07) is 6.93. The average Bonchev–Trinajstić information content (AvgIpc) is 3.54. The summed E-state index contributed by atoms with van der Waals surface area (Å²) in [5.74, 6) is 2.91. The van der Waals surface area contributed by atoms with Crippen molar-refractivity contribution >= 4 is 35.3 Å². The van der Waals surface area contributed by atoms with Crippen molar-refractivity contribution < 1.29 is 9.47 Å². The summed E-state index contributed by atoms with van der Waals surface area (Å²) in [4.78, 5) is 14.5. The maximum Gasteiger partial charge on any atom is 0.227 e. The smallest absolute Gasteiger partial charge is 0.227 e. The van der Waals surface area contributed by atoms with Gasteiger partial charge < -0.3 is 30.4 Å². The van der Waals surface area contributed by atoms with Crippen molar-refractivity contribution in [1.82, 2.24) is 19.5 Å². The van der Waals surface area contributed by atoms with Crippen molar-refractivity contribution in [2.75, 3.05) is 24.9 Å². The molecule has 190 valence electrons. The van der Waals surface area contributed by atoms with Gasteiger partial charge in [0, 0.05) is 36.3 Å². The first-order valence-corrected chi connectivity index (χ1v) is 12.4. The molecule has 35 heavy (non-hydrogen) atoms. The van der Waals surface area contributed by atoms with E-state index in [0.29, 0.717) is 30.6 Å². The Balaban J connectivity index is 0.00000289. The number of nitrogens with two attached hydrogens (primary N) is 1. The van der Waals surface area contributed by atoms with E-state index in [1.807, 2.05) is 24.5 Å². The van der Waals surface area contributed by atoms with Crippen LogP contribution in [0.25, 0.3) is 11.2 Å². The maximum atomic E-state index is 6.10. The zero-order chi connectivity index (χ0) is 23.5. The summed E-state index contributed by atoms with van der Waals surface area (Å²) in [5.41, 5.74) is 8.81. The van der Waals surface area contributed by atoms with Gasteiger partial charge in [-0.05, 0) is 50.7 Å². The predicted octanol–water partition coefficient (Wildman–Crippen LogP) is 4.67. The number of aromatic nitrogens is 4. The fourth-order valence-corrected chi connectivity index (χ4v) is 5.18. The molecule has 2 fully saturated rings. The van der Waals surface area contributed by atoms with Crippen molar-refractivity contribution in [2.24, 2.45) is 5.73 Å². The van der Waals surface area contributed by atoms with Crippen LogP contribution in [0.5, 0.6) is 11.5 Å². The van der Waals surface area contributed by atoms with Crippen molar-refractivity contribution in [3.05, 3.63) is 30.1 Å². The van der Waals surface area contributed by atoms with Gasteiger partial charge in [-0.2, -0.15) is 9.97 Å². The summed E-state index contributed by atoms with van der Waals surface area (Å²) in [7, 11) is 3.32. The summed E-state index contributed by atoms with van der Waals surface area (Å²) in [6.45, 7) is 0.549. The minimum atomic E-state index is 0. The standard InChI is InChI=1S/C25H35N7O2.ClH/c1-33-20-12-7-16(21(13-20)34-2)14-27-23-22-24(32(15-28-22)19-5-3-4-6-19)31-25(30-23)29-18-10-8-17(26)9-11-18;/h7,12-13,15,17-19H,3-6,8-11,14,26H2,1-2H3,(H2,27,29,30,31);1H. The van der Waals surface area contributed by atoms with E-state index in [2.05, 4.69) is 15.2 Å². The van der Waals surface area contributed by atoms with Crippen LogP contribution in [-0.4, -0.2) is 45.8 Å². The Morgan fingerprint density at radius 2 is 1.80 bits per heavy atom. The van der Waals surface area contributed by atoms with E-state index in [4.69, 9.17) is 30.2 Å². The number of methoxy groups -OCH3 is 2. The molecule has 10 heteroatoms. The summed E-state index contributed by atoms with van der Waals surface area (Å²) < 4.78 is 13.1. The lowest BCUT2D eigenvalue weighted by Gasteiger charge is -2.27. The topological polar surface area (TPSA) is 112 Å². The minimum Gasteiger partial charge on any atom is -0.497 e. The number of benzene rings is 1. The van der Waals surface area contributed by atoms with Crippen LogP contribution >= 0.6 is 12.4 Å². The molecule has 2 aliphatic carbocycles. The molecule has 0 amide bonds. The fraction of sp³-hybridized carbons (Fsp3) is 0.560. The second-order valence-electron chi connectivity index (χ2n) is 9.45. The molecular weight excluding hydrogens is 466 g/mol. The lowest BCUT2D eigenvalue weighted by atomic mass is 9.92. The first kappa shape index (κ1) is 25.3. The zero-order valence-corrected chi connectivity index (χ0v) is 21.3.